The van der Waals surface area contributed by atoms with Gasteiger partial charge in [0.1, 0.15) is 0 Å². The van der Waals surface area contributed by atoms with Gasteiger partial charge in [-0.25, -0.2) is 0 Å². The first-order valence-electron chi connectivity index (χ1n) is 10.0. The first-order valence-corrected chi connectivity index (χ1v) is 10.0. The molecule has 1 unspecified atom stereocenters. The number of benzene rings is 2. The van der Waals surface area contributed by atoms with Gasteiger partial charge in [0.25, 0.3) is 5.91 Å². The zero-order valence-electron chi connectivity index (χ0n) is 15.9. The molecule has 144 valence electrons. The van der Waals surface area contributed by atoms with Crippen molar-refractivity contribution in [3.63, 3.8) is 0 Å². The zero-order valence-corrected chi connectivity index (χ0v) is 15.9. The summed E-state index contributed by atoms with van der Waals surface area (Å²) < 4.78 is 1.68. The molecular weight excluding hydrogens is 348 g/mol. The van der Waals surface area contributed by atoms with E-state index in [0.29, 0.717) is 6.04 Å². The van der Waals surface area contributed by atoms with Crippen LogP contribution >= 0.6 is 0 Å². The van der Waals surface area contributed by atoms with Crippen LogP contribution in [-0.4, -0.2) is 21.7 Å². The molecule has 1 heterocycles. The maximum atomic E-state index is 13.0. The van der Waals surface area contributed by atoms with E-state index >= 15 is 0 Å². The molecule has 1 saturated carbocycles. The molecule has 0 saturated heterocycles. The maximum absolute atomic E-state index is 13.0. The van der Waals surface area contributed by atoms with E-state index in [1.807, 2.05) is 66.9 Å². The minimum atomic E-state index is -0.503. The van der Waals surface area contributed by atoms with Gasteiger partial charge in [0, 0.05) is 29.8 Å². The molecule has 28 heavy (non-hydrogen) atoms. The van der Waals surface area contributed by atoms with Crippen LogP contribution in [-0.2, 0) is 4.79 Å². The van der Waals surface area contributed by atoms with Crippen molar-refractivity contribution in [3.8, 4) is 0 Å². The van der Waals surface area contributed by atoms with Crippen molar-refractivity contribution in [2.75, 3.05) is 10.6 Å². The predicted molar refractivity (Wildman–Crippen MR) is 112 cm³/mol. The summed E-state index contributed by atoms with van der Waals surface area (Å²) in [6.07, 6.45) is 9.94. The molecule has 1 aromatic heterocycles. The van der Waals surface area contributed by atoms with Gasteiger partial charge >= 0.3 is 0 Å². The first kappa shape index (κ1) is 18.3. The minimum absolute atomic E-state index is 0.108. The van der Waals surface area contributed by atoms with Crippen LogP contribution < -0.4 is 10.6 Å². The standard InChI is InChI=1S/C23H26N4O/c28-23(22(27-17-7-16-24-27)18-8-3-1-4-9-18)26-21-14-12-20(13-15-21)25-19-10-5-2-6-11-19/h1,3-4,7-9,12-17,19,22,25H,2,5-6,10-11H2,(H,26,28). The summed E-state index contributed by atoms with van der Waals surface area (Å²) in [5.41, 5.74) is 2.79. The van der Waals surface area contributed by atoms with Crippen molar-refractivity contribution in [2.24, 2.45) is 0 Å². The van der Waals surface area contributed by atoms with Crippen LogP contribution in [0, 0.1) is 0 Å². The summed E-state index contributed by atoms with van der Waals surface area (Å²) in [5.74, 6) is -0.108. The third kappa shape index (κ3) is 4.42. The van der Waals surface area contributed by atoms with Gasteiger partial charge in [0.05, 0.1) is 0 Å². The average molecular weight is 374 g/mol. The van der Waals surface area contributed by atoms with Gasteiger partial charge < -0.3 is 10.6 Å². The monoisotopic (exact) mass is 374 g/mol. The van der Waals surface area contributed by atoms with E-state index in [0.717, 1.165) is 16.9 Å². The number of carbonyl (C=O) groups excluding carboxylic acids is 1. The van der Waals surface area contributed by atoms with Gasteiger partial charge in [-0.05, 0) is 48.7 Å². The summed E-state index contributed by atoms with van der Waals surface area (Å²) in [4.78, 5) is 13.0. The van der Waals surface area contributed by atoms with Gasteiger partial charge in [-0.3, -0.25) is 9.48 Å². The van der Waals surface area contributed by atoms with E-state index in [2.05, 4.69) is 15.7 Å². The lowest BCUT2D eigenvalue weighted by Gasteiger charge is -2.24. The fraction of sp³-hybridized carbons (Fsp3) is 0.304. The van der Waals surface area contributed by atoms with Crippen LogP contribution in [0.5, 0.6) is 0 Å². The van der Waals surface area contributed by atoms with Gasteiger partial charge in [0.2, 0.25) is 0 Å². The highest BCUT2D eigenvalue weighted by molar-refractivity contribution is 5.95. The Morgan fingerprint density at radius 1 is 0.929 bits per heavy atom. The largest absolute Gasteiger partial charge is 0.382 e. The number of anilines is 2. The molecule has 4 rings (SSSR count). The number of aromatic nitrogens is 2. The predicted octanol–water partition coefficient (Wildman–Crippen LogP) is 4.86. The molecule has 1 fully saturated rings. The van der Waals surface area contributed by atoms with Gasteiger partial charge in [-0.15, -0.1) is 0 Å². The summed E-state index contributed by atoms with van der Waals surface area (Å²) in [7, 11) is 0. The Bertz CT molecular complexity index is 869. The molecule has 0 bridgehead atoms. The third-order valence-electron chi connectivity index (χ3n) is 5.28. The Morgan fingerprint density at radius 2 is 1.64 bits per heavy atom. The molecule has 2 N–H and O–H groups in total. The molecule has 3 aromatic rings. The number of hydrogen-bond acceptors (Lipinski definition) is 3. The number of carbonyl (C=O) groups is 1. The molecular formula is C23H26N4O. The second-order valence-corrected chi connectivity index (χ2v) is 7.35. The van der Waals surface area contributed by atoms with Crippen molar-refractivity contribution in [3.05, 3.63) is 78.6 Å². The van der Waals surface area contributed by atoms with Gasteiger partial charge in [0.15, 0.2) is 6.04 Å². The summed E-state index contributed by atoms with van der Waals surface area (Å²) in [6, 6.07) is 19.6. The number of nitrogens with zero attached hydrogens (tertiary/aromatic N) is 2. The van der Waals surface area contributed by atoms with Crippen molar-refractivity contribution in [1.82, 2.24) is 9.78 Å². The van der Waals surface area contributed by atoms with Crippen LogP contribution in [0.15, 0.2) is 73.1 Å². The van der Waals surface area contributed by atoms with E-state index < -0.39 is 6.04 Å². The molecule has 1 atom stereocenters. The number of hydrogen-bond donors (Lipinski definition) is 2. The van der Waals surface area contributed by atoms with Crippen molar-refractivity contribution < 1.29 is 4.79 Å². The number of amides is 1. The van der Waals surface area contributed by atoms with E-state index in [4.69, 9.17) is 0 Å². The lowest BCUT2D eigenvalue weighted by molar-refractivity contribution is -0.118. The average Bonchev–Trinajstić information content (AvgIpc) is 3.25. The molecule has 0 aliphatic heterocycles. The Morgan fingerprint density at radius 3 is 2.32 bits per heavy atom. The van der Waals surface area contributed by atoms with E-state index in [-0.39, 0.29) is 5.91 Å². The Balaban J connectivity index is 1.45. The number of nitrogens with one attached hydrogen (secondary N) is 2. The normalized spacial score (nSPS) is 15.7. The van der Waals surface area contributed by atoms with Crippen molar-refractivity contribution in [1.29, 1.82) is 0 Å². The van der Waals surface area contributed by atoms with Crippen LogP contribution in [0.4, 0.5) is 11.4 Å². The van der Waals surface area contributed by atoms with Crippen LogP contribution in [0.3, 0.4) is 0 Å². The van der Waals surface area contributed by atoms with Crippen LogP contribution in [0.25, 0.3) is 0 Å². The van der Waals surface area contributed by atoms with Crippen molar-refractivity contribution >= 4 is 17.3 Å². The zero-order chi connectivity index (χ0) is 19.2. The van der Waals surface area contributed by atoms with Crippen LogP contribution in [0.1, 0.15) is 43.7 Å². The minimum Gasteiger partial charge on any atom is -0.382 e. The SMILES string of the molecule is O=C(Nc1ccc(NC2CCCCC2)cc1)C(c1ccccc1)n1cccn1. The third-order valence-corrected chi connectivity index (χ3v) is 5.28. The van der Waals surface area contributed by atoms with Crippen molar-refractivity contribution in [2.45, 2.75) is 44.2 Å². The first-order chi connectivity index (χ1) is 13.8. The highest BCUT2D eigenvalue weighted by Crippen LogP contribution is 2.24. The molecule has 1 aliphatic rings. The molecule has 0 spiro atoms. The smallest absolute Gasteiger partial charge is 0.253 e. The summed E-state index contributed by atoms with van der Waals surface area (Å²) in [5, 5.41) is 10.9. The highest BCUT2D eigenvalue weighted by atomic mass is 16.2. The van der Waals surface area contributed by atoms with E-state index in [1.54, 1.807) is 10.9 Å². The molecule has 2 aromatic carbocycles. The Hall–Kier alpha value is -3.08. The Labute approximate surface area is 165 Å². The topological polar surface area (TPSA) is 59.0 Å². The maximum Gasteiger partial charge on any atom is 0.253 e. The fourth-order valence-corrected chi connectivity index (χ4v) is 3.84. The van der Waals surface area contributed by atoms with E-state index in [9.17, 15) is 4.79 Å². The molecule has 1 amide bonds. The molecule has 5 heteroatoms. The Kier molecular flexibility index (Phi) is 5.71. The fourth-order valence-electron chi connectivity index (χ4n) is 3.84. The highest BCUT2D eigenvalue weighted by Gasteiger charge is 2.23. The number of rotatable bonds is 6. The van der Waals surface area contributed by atoms with Gasteiger partial charge in [-0.1, -0.05) is 49.6 Å². The van der Waals surface area contributed by atoms with E-state index in [1.165, 1.54) is 32.1 Å². The second-order valence-electron chi connectivity index (χ2n) is 7.35. The molecule has 0 radical (unpaired) electrons. The summed E-state index contributed by atoms with van der Waals surface area (Å²) in [6.45, 7) is 0. The second kappa shape index (κ2) is 8.74. The van der Waals surface area contributed by atoms with Crippen LogP contribution in [0.2, 0.25) is 0 Å². The summed E-state index contributed by atoms with van der Waals surface area (Å²) >= 11 is 0. The lowest BCUT2D eigenvalue weighted by atomic mass is 9.95. The van der Waals surface area contributed by atoms with Gasteiger partial charge in [-0.2, -0.15) is 5.10 Å². The lowest BCUT2D eigenvalue weighted by Crippen LogP contribution is -2.27. The molecule has 1 aliphatic carbocycles. The quantitative estimate of drug-likeness (QED) is 0.648. The molecule has 5 nitrogen and oxygen atoms in total.